The highest BCUT2D eigenvalue weighted by Crippen LogP contribution is 2.27. The third-order valence-corrected chi connectivity index (χ3v) is 2.66. The molecule has 0 atom stereocenters. The van der Waals surface area contributed by atoms with E-state index >= 15 is 0 Å². The highest BCUT2D eigenvalue weighted by molar-refractivity contribution is 9.10. The van der Waals surface area contributed by atoms with Crippen LogP contribution >= 0.6 is 15.9 Å². The Morgan fingerprint density at radius 2 is 2.05 bits per heavy atom. The maximum atomic E-state index is 12.4. The van der Waals surface area contributed by atoms with Crippen LogP contribution in [-0.4, -0.2) is 16.5 Å². The summed E-state index contributed by atoms with van der Waals surface area (Å²) in [7, 11) is 0. The summed E-state index contributed by atoms with van der Waals surface area (Å²) in [6.45, 7) is 0.376. The van der Waals surface area contributed by atoms with Gasteiger partial charge < -0.3 is 9.73 Å². The second-order valence-corrected chi connectivity index (χ2v) is 4.43. The topological polar surface area (TPSA) is 51.0 Å². The predicted molar refractivity (Wildman–Crippen MR) is 65.6 cm³/mol. The Hall–Kier alpha value is -1.57. The van der Waals surface area contributed by atoms with Crippen LogP contribution in [0, 0.1) is 0 Å². The molecule has 0 aliphatic rings. The number of hydrogen-bond donors (Lipinski definition) is 1. The number of hydrogen-bond acceptors (Lipinski definition) is 4. The molecular weight excluding hydrogens is 327 g/mol. The SMILES string of the molecule is FC(F)(F)c1ccnc(NCCc2ccc(Br)o2)n1. The summed E-state index contributed by atoms with van der Waals surface area (Å²) in [5.74, 6) is 0.659. The van der Waals surface area contributed by atoms with E-state index in [1.165, 1.54) is 0 Å². The maximum absolute atomic E-state index is 12.4. The number of halogens is 4. The highest BCUT2D eigenvalue weighted by Gasteiger charge is 2.32. The lowest BCUT2D eigenvalue weighted by molar-refractivity contribution is -0.141. The van der Waals surface area contributed by atoms with Crippen LogP contribution in [0.3, 0.4) is 0 Å². The van der Waals surface area contributed by atoms with Gasteiger partial charge in [0.15, 0.2) is 4.67 Å². The molecule has 0 saturated heterocycles. The van der Waals surface area contributed by atoms with Gasteiger partial charge in [0.05, 0.1) is 0 Å². The van der Waals surface area contributed by atoms with Crippen LogP contribution in [0.5, 0.6) is 0 Å². The molecule has 102 valence electrons. The molecule has 2 heterocycles. The van der Waals surface area contributed by atoms with E-state index < -0.39 is 11.9 Å². The van der Waals surface area contributed by atoms with Crippen LogP contribution in [0.1, 0.15) is 11.5 Å². The fourth-order valence-electron chi connectivity index (χ4n) is 1.39. The zero-order valence-corrected chi connectivity index (χ0v) is 11.1. The molecule has 0 radical (unpaired) electrons. The summed E-state index contributed by atoms with van der Waals surface area (Å²) < 4.78 is 43.1. The van der Waals surface area contributed by atoms with E-state index in [-0.39, 0.29) is 5.95 Å². The van der Waals surface area contributed by atoms with Gasteiger partial charge in [-0.25, -0.2) is 9.97 Å². The second-order valence-electron chi connectivity index (χ2n) is 3.65. The smallest absolute Gasteiger partial charge is 0.433 e. The molecule has 0 aliphatic carbocycles. The fraction of sp³-hybridized carbons (Fsp3) is 0.273. The minimum atomic E-state index is -4.47. The Morgan fingerprint density at radius 1 is 1.26 bits per heavy atom. The summed E-state index contributed by atoms with van der Waals surface area (Å²) in [6.07, 6.45) is -2.88. The Balaban J connectivity index is 1.93. The van der Waals surface area contributed by atoms with Gasteiger partial charge in [-0.2, -0.15) is 13.2 Å². The first-order valence-electron chi connectivity index (χ1n) is 5.33. The van der Waals surface area contributed by atoms with E-state index in [9.17, 15) is 13.2 Å². The Labute approximate surface area is 115 Å². The fourth-order valence-corrected chi connectivity index (χ4v) is 1.73. The molecule has 0 aliphatic heterocycles. The molecule has 4 nitrogen and oxygen atoms in total. The van der Waals surface area contributed by atoms with Crippen LogP contribution in [0.4, 0.5) is 19.1 Å². The summed E-state index contributed by atoms with van der Waals surface area (Å²) in [5, 5.41) is 2.72. The van der Waals surface area contributed by atoms with Crippen LogP contribution in [0.25, 0.3) is 0 Å². The molecule has 0 unspecified atom stereocenters. The molecule has 0 spiro atoms. The van der Waals surface area contributed by atoms with Crippen LogP contribution < -0.4 is 5.32 Å². The quantitative estimate of drug-likeness (QED) is 0.928. The molecule has 2 rings (SSSR count). The van der Waals surface area contributed by atoms with Crippen molar-refractivity contribution in [2.45, 2.75) is 12.6 Å². The third kappa shape index (κ3) is 3.95. The molecule has 19 heavy (non-hydrogen) atoms. The molecule has 0 bridgehead atoms. The highest BCUT2D eigenvalue weighted by atomic mass is 79.9. The molecule has 0 aromatic carbocycles. The summed E-state index contributed by atoms with van der Waals surface area (Å²) >= 11 is 3.16. The zero-order valence-electron chi connectivity index (χ0n) is 9.54. The first kappa shape index (κ1) is 13.9. The Morgan fingerprint density at radius 3 is 2.68 bits per heavy atom. The number of nitrogens with one attached hydrogen (secondary N) is 1. The van der Waals surface area contributed by atoms with Gasteiger partial charge in [0.1, 0.15) is 11.5 Å². The molecule has 0 amide bonds. The molecule has 0 saturated carbocycles. The van der Waals surface area contributed by atoms with Crippen molar-refractivity contribution in [3.05, 3.63) is 40.5 Å². The number of nitrogens with zero attached hydrogens (tertiary/aromatic N) is 2. The number of rotatable bonds is 4. The third-order valence-electron chi connectivity index (χ3n) is 2.23. The van der Waals surface area contributed by atoms with Gasteiger partial charge in [-0.15, -0.1) is 0 Å². The minimum Gasteiger partial charge on any atom is -0.454 e. The van der Waals surface area contributed by atoms with Gasteiger partial charge in [-0.05, 0) is 34.1 Å². The van der Waals surface area contributed by atoms with E-state index in [0.717, 1.165) is 12.3 Å². The van der Waals surface area contributed by atoms with Gasteiger partial charge in [0.25, 0.3) is 0 Å². The second kappa shape index (κ2) is 5.60. The maximum Gasteiger partial charge on any atom is 0.433 e. The van der Waals surface area contributed by atoms with Gasteiger partial charge in [-0.1, -0.05) is 0 Å². The Kier molecular flexibility index (Phi) is 4.08. The first-order valence-corrected chi connectivity index (χ1v) is 6.13. The van der Waals surface area contributed by atoms with E-state index in [1.807, 2.05) is 0 Å². The number of aromatic nitrogens is 2. The number of furan rings is 1. The van der Waals surface area contributed by atoms with Crippen molar-refractivity contribution in [2.75, 3.05) is 11.9 Å². The van der Waals surface area contributed by atoms with Crippen molar-refractivity contribution in [1.29, 1.82) is 0 Å². The lowest BCUT2D eigenvalue weighted by Gasteiger charge is -2.07. The summed E-state index contributed by atoms with van der Waals surface area (Å²) in [5.41, 5.74) is -0.967. The number of anilines is 1. The summed E-state index contributed by atoms with van der Waals surface area (Å²) in [4.78, 5) is 7.12. The largest absolute Gasteiger partial charge is 0.454 e. The lowest BCUT2D eigenvalue weighted by atomic mass is 10.3. The minimum absolute atomic E-state index is 0.0551. The first-order chi connectivity index (χ1) is 8.95. The molecule has 0 fully saturated rings. The van der Waals surface area contributed by atoms with Gasteiger partial charge >= 0.3 is 6.18 Å². The van der Waals surface area contributed by atoms with E-state index in [2.05, 4.69) is 31.2 Å². The standard InChI is InChI=1S/C11H9BrF3N3O/c12-9-2-1-7(19-9)3-5-16-10-17-6-4-8(18-10)11(13,14)15/h1-2,4,6H,3,5H2,(H,16,17,18). The average molecular weight is 336 g/mol. The molecule has 2 aromatic rings. The Bertz CT molecular complexity index is 556. The molecule has 1 N–H and O–H groups in total. The van der Waals surface area contributed by atoms with E-state index in [4.69, 9.17) is 4.42 Å². The number of alkyl halides is 3. The van der Waals surface area contributed by atoms with Gasteiger partial charge in [0.2, 0.25) is 5.95 Å². The van der Waals surface area contributed by atoms with Crippen molar-refractivity contribution in [3.63, 3.8) is 0 Å². The van der Waals surface area contributed by atoms with E-state index in [0.29, 0.717) is 23.4 Å². The zero-order chi connectivity index (χ0) is 13.9. The van der Waals surface area contributed by atoms with Crippen molar-refractivity contribution in [1.82, 2.24) is 9.97 Å². The van der Waals surface area contributed by atoms with Crippen LogP contribution in [0.15, 0.2) is 33.5 Å². The lowest BCUT2D eigenvalue weighted by Crippen LogP contribution is -2.12. The normalized spacial score (nSPS) is 11.6. The van der Waals surface area contributed by atoms with Crippen molar-refractivity contribution < 1.29 is 17.6 Å². The van der Waals surface area contributed by atoms with Crippen LogP contribution in [0.2, 0.25) is 0 Å². The van der Waals surface area contributed by atoms with Crippen molar-refractivity contribution >= 4 is 21.9 Å². The molecule has 2 aromatic heterocycles. The average Bonchev–Trinajstić information content (AvgIpc) is 2.74. The van der Waals surface area contributed by atoms with Gasteiger partial charge in [0, 0.05) is 19.2 Å². The van der Waals surface area contributed by atoms with Crippen molar-refractivity contribution in [2.24, 2.45) is 0 Å². The predicted octanol–water partition coefficient (Wildman–Crippen LogP) is 3.51. The van der Waals surface area contributed by atoms with Gasteiger partial charge in [-0.3, -0.25) is 0 Å². The van der Waals surface area contributed by atoms with E-state index in [1.54, 1.807) is 12.1 Å². The molecule has 8 heteroatoms. The van der Waals surface area contributed by atoms with Crippen LogP contribution in [-0.2, 0) is 12.6 Å². The monoisotopic (exact) mass is 335 g/mol. The molecular formula is C11H9BrF3N3O. The van der Waals surface area contributed by atoms with Crippen molar-refractivity contribution in [3.8, 4) is 0 Å². The summed E-state index contributed by atoms with van der Waals surface area (Å²) in [6, 6.07) is 4.35.